The highest BCUT2D eigenvalue weighted by atomic mass is 16.3. The molecule has 1 aliphatic carbocycles. The van der Waals surface area contributed by atoms with Crippen molar-refractivity contribution in [1.29, 1.82) is 0 Å². The van der Waals surface area contributed by atoms with E-state index in [-0.39, 0.29) is 22.3 Å². The van der Waals surface area contributed by atoms with Crippen molar-refractivity contribution in [2.24, 2.45) is 0 Å². The Balaban J connectivity index is 1.85. The normalized spacial score (nSPS) is 14.2. The van der Waals surface area contributed by atoms with Gasteiger partial charge in [-0.05, 0) is 101 Å². The maximum atomic E-state index is 10.6. The standard InChI is InChI=1S/C41H38O2/c1-39(2,3)35-21-15-25-23-27(42)17-19-29(25)37(35)41(33-13-9-7-11-31(33)32-12-8-10-14-34(32)41)38-30-20-18-28(43)24-26(30)16-22-36(38)40(4,5)6/h7-24,42-43H,1-6H3. The van der Waals surface area contributed by atoms with Crippen molar-refractivity contribution < 1.29 is 10.2 Å². The minimum absolute atomic E-state index is 0.175. The van der Waals surface area contributed by atoms with E-state index in [1.165, 1.54) is 44.5 Å². The lowest BCUT2D eigenvalue weighted by atomic mass is 9.59. The molecule has 2 N–H and O–H groups in total. The van der Waals surface area contributed by atoms with Gasteiger partial charge in [0, 0.05) is 0 Å². The Morgan fingerprint density at radius 2 is 0.860 bits per heavy atom. The molecule has 0 atom stereocenters. The third kappa shape index (κ3) is 3.93. The summed E-state index contributed by atoms with van der Waals surface area (Å²) < 4.78 is 0. The lowest BCUT2D eigenvalue weighted by Gasteiger charge is -2.42. The number of hydrogen-bond donors (Lipinski definition) is 2. The van der Waals surface area contributed by atoms with E-state index in [1.54, 1.807) is 0 Å². The fraction of sp³-hybridized carbons (Fsp3) is 0.220. The molecule has 0 aromatic heterocycles. The summed E-state index contributed by atoms with van der Waals surface area (Å²) in [7, 11) is 0. The van der Waals surface area contributed by atoms with Crippen LogP contribution < -0.4 is 0 Å². The average molecular weight is 563 g/mol. The predicted molar refractivity (Wildman–Crippen MR) is 179 cm³/mol. The highest BCUT2D eigenvalue weighted by molar-refractivity contribution is 6.00. The van der Waals surface area contributed by atoms with Gasteiger partial charge in [-0.3, -0.25) is 0 Å². The molecule has 6 aromatic carbocycles. The van der Waals surface area contributed by atoms with Crippen LogP contribution in [0.15, 0.2) is 109 Å². The first kappa shape index (κ1) is 27.3. The van der Waals surface area contributed by atoms with Crippen molar-refractivity contribution in [3.8, 4) is 22.6 Å². The Hall–Kier alpha value is -4.56. The fourth-order valence-electron chi connectivity index (χ4n) is 7.59. The Kier molecular flexibility index (Phi) is 5.85. The molecule has 6 aromatic rings. The fourth-order valence-corrected chi connectivity index (χ4v) is 7.59. The van der Waals surface area contributed by atoms with Crippen molar-refractivity contribution >= 4 is 21.5 Å². The van der Waals surface area contributed by atoms with Gasteiger partial charge in [-0.2, -0.15) is 0 Å². The summed E-state index contributed by atoms with van der Waals surface area (Å²) in [6, 6.07) is 38.3. The number of rotatable bonds is 2. The van der Waals surface area contributed by atoms with Gasteiger partial charge in [0.05, 0.1) is 5.41 Å². The molecular formula is C41H38O2. The van der Waals surface area contributed by atoms with Crippen LogP contribution in [0.1, 0.15) is 74.9 Å². The molecule has 1 aliphatic rings. The van der Waals surface area contributed by atoms with E-state index in [2.05, 4.69) is 126 Å². The summed E-state index contributed by atoms with van der Waals surface area (Å²) >= 11 is 0. The molecule has 0 saturated carbocycles. The highest BCUT2D eigenvalue weighted by Crippen LogP contribution is 2.61. The molecule has 7 rings (SSSR count). The van der Waals surface area contributed by atoms with E-state index in [0.717, 1.165) is 21.5 Å². The van der Waals surface area contributed by atoms with E-state index < -0.39 is 5.41 Å². The highest BCUT2D eigenvalue weighted by Gasteiger charge is 2.51. The van der Waals surface area contributed by atoms with Crippen LogP contribution in [0.3, 0.4) is 0 Å². The number of fused-ring (bicyclic) bond motifs is 5. The molecule has 0 amide bonds. The first-order chi connectivity index (χ1) is 20.4. The smallest absolute Gasteiger partial charge is 0.116 e. The van der Waals surface area contributed by atoms with Crippen molar-refractivity contribution in [2.75, 3.05) is 0 Å². The molecule has 0 heterocycles. The van der Waals surface area contributed by atoms with Crippen LogP contribution in [0.5, 0.6) is 11.5 Å². The van der Waals surface area contributed by atoms with Crippen molar-refractivity contribution in [3.05, 3.63) is 143 Å². The summed E-state index contributed by atoms with van der Waals surface area (Å²) in [6.07, 6.45) is 0. The monoisotopic (exact) mass is 562 g/mol. The summed E-state index contributed by atoms with van der Waals surface area (Å²) in [5.41, 5.74) is 9.01. The summed E-state index contributed by atoms with van der Waals surface area (Å²) in [5.74, 6) is 0.526. The number of hydrogen-bond acceptors (Lipinski definition) is 2. The van der Waals surface area contributed by atoms with E-state index >= 15 is 0 Å². The average Bonchev–Trinajstić information content (AvgIpc) is 3.25. The van der Waals surface area contributed by atoms with Gasteiger partial charge in [-0.1, -0.05) is 126 Å². The van der Waals surface area contributed by atoms with Gasteiger partial charge in [-0.15, -0.1) is 0 Å². The minimum Gasteiger partial charge on any atom is -0.508 e. The lowest BCUT2D eigenvalue weighted by molar-refractivity contribution is 0.475. The number of aromatic hydroxyl groups is 2. The molecule has 0 radical (unpaired) electrons. The second-order valence-corrected chi connectivity index (χ2v) is 14.1. The molecule has 214 valence electrons. The van der Waals surface area contributed by atoms with Crippen LogP contribution >= 0.6 is 0 Å². The number of benzene rings is 6. The van der Waals surface area contributed by atoms with Crippen LogP contribution in [-0.2, 0) is 16.2 Å². The Bertz CT molecular complexity index is 1920. The molecule has 43 heavy (non-hydrogen) atoms. The van der Waals surface area contributed by atoms with E-state index in [1.807, 2.05) is 24.3 Å². The molecule has 0 fully saturated rings. The third-order valence-corrected chi connectivity index (χ3v) is 9.33. The SMILES string of the molecule is CC(C)(C)c1ccc2cc(O)ccc2c1C1(c2c(C(C)(C)C)ccc3cc(O)ccc23)c2ccccc2-c2ccccc21. The van der Waals surface area contributed by atoms with Crippen LogP contribution in [0.25, 0.3) is 32.7 Å². The van der Waals surface area contributed by atoms with Crippen LogP contribution in [0, 0.1) is 0 Å². The van der Waals surface area contributed by atoms with E-state index in [0.29, 0.717) is 0 Å². The van der Waals surface area contributed by atoms with Crippen LogP contribution in [0.4, 0.5) is 0 Å². The molecule has 0 unspecified atom stereocenters. The maximum Gasteiger partial charge on any atom is 0.116 e. The quantitative estimate of drug-likeness (QED) is 0.220. The second kappa shape index (κ2) is 9.22. The third-order valence-electron chi connectivity index (χ3n) is 9.33. The van der Waals surface area contributed by atoms with E-state index in [9.17, 15) is 10.2 Å². The summed E-state index contributed by atoms with van der Waals surface area (Å²) in [6.45, 7) is 13.8. The zero-order valence-electron chi connectivity index (χ0n) is 25.8. The van der Waals surface area contributed by atoms with Crippen molar-refractivity contribution in [2.45, 2.75) is 57.8 Å². The van der Waals surface area contributed by atoms with Gasteiger partial charge in [0.1, 0.15) is 11.5 Å². The largest absolute Gasteiger partial charge is 0.508 e. The Morgan fingerprint density at radius 3 is 1.26 bits per heavy atom. The first-order valence-electron chi connectivity index (χ1n) is 15.1. The molecule has 0 bridgehead atoms. The number of phenolic OH excluding ortho intramolecular Hbond substituents is 2. The lowest BCUT2D eigenvalue weighted by Crippen LogP contribution is -2.35. The molecule has 2 heteroatoms. The van der Waals surface area contributed by atoms with Gasteiger partial charge in [0.2, 0.25) is 0 Å². The van der Waals surface area contributed by atoms with Gasteiger partial charge < -0.3 is 10.2 Å². The molecular weight excluding hydrogens is 524 g/mol. The molecule has 0 spiro atoms. The molecule has 0 aliphatic heterocycles. The maximum absolute atomic E-state index is 10.6. The Labute approximate surface area is 254 Å². The second-order valence-electron chi connectivity index (χ2n) is 14.1. The zero-order valence-corrected chi connectivity index (χ0v) is 25.8. The summed E-state index contributed by atoms with van der Waals surface area (Å²) in [4.78, 5) is 0. The van der Waals surface area contributed by atoms with Crippen molar-refractivity contribution in [1.82, 2.24) is 0 Å². The molecule has 0 saturated heterocycles. The molecule has 2 nitrogen and oxygen atoms in total. The van der Waals surface area contributed by atoms with Gasteiger partial charge in [-0.25, -0.2) is 0 Å². The topological polar surface area (TPSA) is 40.5 Å². The number of phenols is 2. The zero-order chi connectivity index (χ0) is 30.3. The first-order valence-corrected chi connectivity index (χ1v) is 15.1. The van der Waals surface area contributed by atoms with Gasteiger partial charge in [0.15, 0.2) is 0 Å². The predicted octanol–water partition coefficient (Wildman–Crippen LogP) is 10.4. The van der Waals surface area contributed by atoms with Crippen LogP contribution in [-0.4, -0.2) is 10.2 Å². The van der Waals surface area contributed by atoms with Crippen molar-refractivity contribution in [3.63, 3.8) is 0 Å². The summed E-state index contributed by atoms with van der Waals surface area (Å²) in [5, 5.41) is 25.5. The van der Waals surface area contributed by atoms with E-state index in [4.69, 9.17) is 0 Å². The van der Waals surface area contributed by atoms with Gasteiger partial charge in [0.25, 0.3) is 0 Å². The minimum atomic E-state index is -0.675. The van der Waals surface area contributed by atoms with Gasteiger partial charge >= 0.3 is 0 Å². The van der Waals surface area contributed by atoms with Crippen LogP contribution in [0.2, 0.25) is 0 Å². The Morgan fingerprint density at radius 1 is 0.465 bits per heavy atom.